The van der Waals surface area contributed by atoms with Crippen molar-refractivity contribution in [3.05, 3.63) is 51.5 Å². The van der Waals surface area contributed by atoms with E-state index in [-0.39, 0.29) is 0 Å². The van der Waals surface area contributed by atoms with E-state index < -0.39 is 0 Å². The Morgan fingerprint density at radius 2 is 1.79 bits per heavy atom. The Labute approximate surface area is 124 Å². The first kappa shape index (κ1) is 12.6. The number of hydrogen-bond acceptors (Lipinski definition) is 2. The van der Waals surface area contributed by atoms with Crippen LogP contribution >= 0.6 is 34.8 Å². The van der Waals surface area contributed by atoms with E-state index in [1.807, 2.05) is 12.1 Å². The summed E-state index contributed by atoms with van der Waals surface area (Å²) in [6, 6.07) is 10.6. The summed E-state index contributed by atoms with van der Waals surface area (Å²) in [5, 5.41) is 1.64. The van der Waals surface area contributed by atoms with Crippen LogP contribution in [0.15, 0.2) is 36.4 Å². The van der Waals surface area contributed by atoms with Gasteiger partial charge in [-0.15, -0.1) is 0 Å². The Kier molecular flexibility index (Phi) is 3.05. The summed E-state index contributed by atoms with van der Waals surface area (Å²) in [6.07, 6.45) is 0. The summed E-state index contributed by atoms with van der Waals surface area (Å²) in [5.74, 6) is 0.312. The van der Waals surface area contributed by atoms with Gasteiger partial charge < -0.3 is 5.73 Å². The molecule has 6 heteroatoms. The molecule has 3 rings (SSSR count). The zero-order chi connectivity index (χ0) is 13.6. The number of rotatable bonds is 1. The number of halogens is 3. The first-order valence-corrected chi connectivity index (χ1v) is 6.59. The molecule has 0 saturated heterocycles. The van der Waals surface area contributed by atoms with Gasteiger partial charge >= 0.3 is 0 Å². The van der Waals surface area contributed by atoms with Crippen LogP contribution in [-0.4, -0.2) is 9.55 Å². The van der Waals surface area contributed by atoms with Gasteiger partial charge in [0.1, 0.15) is 0 Å². The van der Waals surface area contributed by atoms with Crippen LogP contribution in [-0.2, 0) is 0 Å². The van der Waals surface area contributed by atoms with Crippen molar-refractivity contribution in [1.29, 1.82) is 0 Å². The number of benzene rings is 2. The van der Waals surface area contributed by atoms with Gasteiger partial charge in [-0.25, -0.2) is 4.98 Å². The number of anilines is 1. The highest BCUT2D eigenvalue weighted by Gasteiger charge is 2.15. The smallest absolute Gasteiger partial charge is 0.206 e. The van der Waals surface area contributed by atoms with Crippen molar-refractivity contribution < 1.29 is 0 Å². The van der Waals surface area contributed by atoms with Crippen molar-refractivity contribution >= 4 is 51.8 Å². The topological polar surface area (TPSA) is 43.8 Å². The molecule has 1 aromatic heterocycles. The van der Waals surface area contributed by atoms with Gasteiger partial charge in [0, 0.05) is 5.02 Å². The van der Waals surface area contributed by atoms with E-state index in [9.17, 15) is 0 Å². The van der Waals surface area contributed by atoms with Gasteiger partial charge in [-0.1, -0.05) is 40.9 Å². The second-order valence-electron chi connectivity index (χ2n) is 4.01. The Morgan fingerprint density at radius 3 is 2.58 bits per heavy atom. The third-order valence-electron chi connectivity index (χ3n) is 2.80. The monoisotopic (exact) mass is 311 g/mol. The highest BCUT2D eigenvalue weighted by Crippen LogP contribution is 2.33. The minimum atomic E-state index is 0.312. The molecule has 0 aliphatic carbocycles. The molecule has 3 nitrogen and oxygen atoms in total. The first-order chi connectivity index (χ1) is 9.08. The highest BCUT2D eigenvalue weighted by atomic mass is 35.5. The van der Waals surface area contributed by atoms with Crippen LogP contribution < -0.4 is 5.73 Å². The number of nitrogen functional groups attached to an aromatic ring is 1. The average Bonchev–Trinajstić information content (AvgIpc) is 2.70. The number of hydrogen-bond donors (Lipinski definition) is 1. The molecule has 0 unspecified atom stereocenters. The van der Waals surface area contributed by atoms with E-state index >= 15 is 0 Å². The molecular weight excluding hydrogens is 305 g/mol. The quantitative estimate of drug-likeness (QED) is 0.715. The van der Waals surface area contributed by atoms with E-state index in [2.05, 4.69) is 4.98 Å². The fourth-order valence-electron chi connectivity index (χ4n) is 2.00. The van der Waals surface area contributed by atoms with E-state index in [0.717, 1.165) is 0 Å². The number of fused-ring (bicyclic) bond motifs is 1. The lowest BCUT2D eigenvalue weighted by Gasteiger charge is -2.10. The lowest BCUT2D eigenvalue weighted by atomic mass is 10.2. The molecule has 0 aliphatic heterocycles. The standard InChI is InChI=1S/C13H8Cl3N3/c14-7-4-5-8(15)11(6-7)19-12-9(16)2-1-3-10(12)18-13(19)17/h1-6H,(H2,17,18). The summed E-state index contributed by atoms with van der Waals surface area (Å²) in [6.45, 7) is 0. The molecule has 2 N–H and O–H groups in total. The van der Waals surface area contributed by atoms with Crippen LogP contribution in [0.3, 0.4) is 0 Å². The van der Waals surface area contributed by atoms with Crippen molar-refractivity contribution in [3.8, 4) is 5.69 Å². The summed E-state index contributed by atoms with van der Waals surface area (Å²) >= 11 is 18.4. The van der Waals surface area contributed by atoms with E-state index in [1.54, 1.807) is 28.8 Å². The molecule has 0 bridgehead atoms. The third-order valence-corrected chi connectivity index (χ3v) is 3.66. The molecule has 19 heavy (non-hydrogen) atoms. The number of aromatic nitrogens is 2. The normalized spacial score (nSPS) is 11.1. The zero-order valence-electron chi connectivity index (χ0n) is 9.57. The molecule has 0 radical (unpaired) electrons. The minimum absolute atomic E-state index is 0.312. The van der Waals surface area contributed by atoms with E-state index in [4.69, 9.17) is 40.5 Å². The van der Waals surface area contributed by atoms with Crippen LogP contribution in [0.25, 0.3) is 16.7 Å². The summed E-state index contributed by atoms with van der Waals surface area (Å²) < 4.78 is 1.70. The van der Waals surface area contributed by atoms with Gasteiger partial charge in [0.25, 0.3) is 0 Å². The maximum absolute atomic E-state index is 6.23. The maximum Gasteiger partial charge on any atom is 0.206 e. The van der Waals surface area contributed by atoms with Crippen molar-refractivity contribution in [2.24, 2.45) is 0 Å². The van der Waals surface area contributed by atoms with Gasteiger partial charge in [-0.3, -0.25) is 4.57 Å². The minimum Gasteiger partial charge on any atom is -0.369 e. The largest absolute Gasteiger partial charge is 0.369 e. The van der Waals surface area contributed by atoms with Crippen molar-refractivity contribution in [2.45, 2.75) is 0 Å². The summed E-state index contributed by atoms with van der Waals surface area (Å²) in [5.41, 5.74) is 8.04. The molecule has 2 aromatic carbocycles. The Morgan fingerprint density at radius 1 is 1.00 bits per heavy atom. The fourth-order valence-corrected chi connectivity index (χ4v) is 2.63. The fraction of sp³-hybridized carbons (Fsp3) is 0. The van der Waals surface area contributed by atoms with Crippen molar-refractivity contribution in [3.63, 3.8) is 0 Å². The predicted molar refractivity (Wildman–Crippen MR) is 80.5 cm³/mol. The van der Waals surface area contributed by atoms with Crippen LogP contribution in [0.1, 0.15) is 0 Å². The van der Waals surface area contributed by atoms with Crippen molar-refractivity contribution in [2.75, 3.05) is 5.73 Å². The van der Waals surface area contributed by atoms with Crippen LogP contribution in [0.4, 0.5) is 5.95 Å². The Balaban J connectivity index is 2.42. The van der Waals surface area contributed by atoms with E-state index in [0.29, 0.717) is 37.7 Å². The zero-order valence-corrected chi connectivity index (χ0v) is 11.8. The summed E-state index contributed by atoms with van der Waals surface area (Å²) in [7, 11) is 0. The van der Waals surface area contributed by atoms with Gasteiger partial charge in [-0.05, 0) is 30.3 Å². The molecule has 0 spiro atoms. The molecule has 0 aliphatic rings. The Bertz CT molecular complexity index is 780. The van der Waals surface area contributed by atoms with Gasteiger partial charge in [0.05, 0.1) is 26.8 Å². The molecule has 0 amide bonds. The van der Waals surface area contributed by atoms with Gasteiger partial charge in [-0.2, -0.15) is 0 Å². The van der Waals surface area contributed by atoms with Crippen molar-refractivity contribution in [1.82, 2.24) is 9.55 Å². The lowest BCUT2D eigenvalue weighted by Crippen LogP contribution is -2.01. The summed E-state index contributed by atoms with van der Waals surface area (Å²) in [4.78, 5) is 4.28. The molecule has 3 aromatic rings. The number of nitrogens with two attached hydrogens (primary N) is 1. The third kappa shape index (κ3) is 2.04. The molecule has 0 fully saturated rings. The lowest BCUT2D eigenvalue weighted by molar-refractivity contribution is 1.11. The second kappa shape index (κ2) is 4.60. The molecular formula is C13H8Cl3N3. The Hall–Kier alpha value is -1.42. The van der Waals surface area contributed by atoms with Gasteiger partial charge in [0.2, 0.25) is 5.95 Å². The highest BCUT2D eigenvalue weighted by molar-refractivity contribution is 6.36. The number of para-hydroxylation sites is 1. The molecule has 0 atom stereocenters. The molecule has 0 saturated carbocycles. The average molecular weight is 313 g/mol. The predicted octanol–water partition coefficient (Wildman–Crippen LogP) is 4.57. The van der Waals surface area contributed by atoms with Gasteiger partial charge in [0.15, 0.2) is 0 Å². The first-order valence-electron chi connectivity index (χ1n) is 5.46. The molecule has 1 heterocycles. The molecule has 96 valence electrons. The van der Waals surface area contributed by atoms with E-state index in [1.165, 1.54) is 0 Å². The second-order valence-corrected chi connectivity index (χ2v) is 5.26. The SMILES string of the molecule is Nc1nc2cccc(Cl)c2n1-c1cc(Cl)ccc1Cl. The van der Waals surface area contributed by atoms with Crippen LogP contribution in [0.5, 0.6) is 0 Å². The van der Waals surface area contributed by atoms with Crippen LogP contribution in [0, 0.1) is 0 Å². The maximum atomic E-state index is 6.23. The number of nitrogens with zero attached hydrogens (tertiary/aromatic N) is 2. The number of imidazole rings is 1. The van der Waals surface area contributed by atoms with Crippen LogP contribution in [0.2, 0.25) is 15.1 Å².